The predicted molar refractivity (Wildman–Crippen MR) is 65.9 cm³/mol. The summed E-state index contributed by atoms with van der Waals surface area (Å²) >= 11 is 1.49. The zero-order chi connectivity index (χ0) is 12.3. The Bertz CT molecular complexity index is 307. The molecule has 2 rings (SSSR count). The Morgan fingerprint density at radius 3 is 2.82 bits per heavy atom. The van der Waals surface area contributed by atoms with Crippen molar-refractivity contribution in [2.75, 3.05) is 18.2 Å². The van der Waals surface area contributed by atoms with Crippen LogP contribution in [0.2, 0.25) is 0 Å². The van der Waals surface area contributed by atoms with E-state index in [4.69, 9.17) is 5.11 Å². The molecule has 1 heterocycles. The van der Waals surface area contributed by atoms with E-state index in [0.717, 1.165) is 12.3 Å². The summed E-state index contributed by atoms with van der Waals surface area (Å²) in [4.78, 5) is 24.1. The number of aliphatic carboxylic acids is 1. The molecule has 2 fully saturated rings. The standard InChI is InChI=1S/C11H18N2O3S/c14-10(15)9-6-17-7-13(9)11(16)12-5-1-2-8-3-4-8/h8-9H,1-7H2,(H,12,16)(H,14,15)/t9-/m0/s1. The van der Waals surface area contributed by atoms with E-state index in [1.165, 1.54) is 35.9 Å². The van der Waals surface area contributed by atoms with Crippen LogP contribution in [0.15, 0.2) is 0 Å². The maximum atomic E-state index is 11.8. The van der Waals surface area contributed by atoms with Crippen molar-refractivity contribution >= 4 is 23.8 Å². The lowest BCUT2D eigenvalue weighted by atomic mass is 10.2. The molecule has 1 saturated carbocycles. The van der Waals surface area contributed by atoms with Crippen LogP contribution in [-0.4, -0.2) is 46.2 Å². The highest BCUT2D eigenvalue weighted by Crippen LogP contribution is 2.33. The molecule has 0 spiro atoms. The summed E-state index contributed by atoms with van der Waals surface area (Å²) in [6.45, 7) is 0.656. The van der Waals surface area contributed by atoms with Crippen molar-refractivity contribution in [3.8, 4) is 0 Å². The maximum Gasteiger partial charge on any atom is 0.327 e. The monoisotopic (exact) mass is 258 g/mol. The molecule has 0 aromatic carbocycles. The van der Waals surface area contributed by atoms with Gasteiger partial charge in [0.2, 0.25) is 0 Å². The number of urea groups is 1. The van der Waals surface area contributed by atoms with Crippen LogP contribution in [0.5, 0.6) is 0 Å². The summed E-state index contributed by atoms with van der Waals surface area (Å²) in [7, 11) is 0. The average Bonchev–Trinajstić information content (AvgIpc) is 2.97. The summed E-state index contributed by atoms with van der Waals surface area (Å²) < 4.78 is 0. The molecule has 0 aromatic rings. The molecular weight excluding hydrogens is 240 g/mol. The first-order valence-corrected chi connectivity index (χ1v) is 7.19. The number of carboxylic acid groups (broad SMARTS) is 1. The summed E-state index contributed by atoms with van der Waals surface area (Å²) in [5.74, 6) is 0.931. The molecule has 1 aliphatic heterocycles. The van der Waals surface area contributed by atoms with Gasteiger partial charge in [0.15, 0.2) is 0 Å². The largest absolute Gasteiger partial charge is 0.480 e. The van der Waals surface area contributed by atoms with Crippen LogP contribution in [0.3, 0.4) is 0 Å². The van der Waals surface area contributed by atoms with Gasteiger partial charge in [-0.25, -0.2) is 9.59 Å². The molecule has 5 nitrogen and oxygen atoms in total. The van der Waals surface area contributed by atoms with E-state index < -0.39 is 12.0 Å². The van der Waals surface area contributed by atoms with Gasteiger partial charge in [-0.15, -0.1) is 11.8 Å². The number of carboxylic acids is 1. The molecule has 1 atom stereocenters. The number of nitrogens with zero attached hydrogens (tertiary/aromatic N) is 1. The van der Waals surface area contributed by atoms with E-state index in [-0.39, 0.29) is 6.03 Å². The van der Waals surface area contributed by atoms with Crippen molar-refractivity contribution < 1.29 is 14.7 Å². The van der Waals surface area contributed by atoms with E-state index in [1.54, 1.807) is 0 Å². The molecular formula is C11H18N2O3S. The molecule has 6 heteroatoms. The molecule has 2 N–H and O–H groups in total. The molecule has 1 saturated heterocycles. The Balaban J connectivity index is 1.68. The van der Waals surface area contributed by atoms with Gasteiger partial charge in [0.1, 0.15) is 6.04 Å². The molecule has 2 aliphatic rings. The van der Waals surface area contributed by atoms with Crippen LogP contribution in [0.1, 0.15) is 25.7 Å². The van der Waals surface area contributed by atoms with Gasteiger partial charge in [-0.05, 0) is 18.8 Å². The minimum absolute atomic E-state index is 0.238. The minimum Gasteiger partial charge on any atom is -0.480 e. The van der Waals surface area contributed by atoms with Crippen LogP contribution >= 0.6 is 11.8 Å². The fraction of sp³-hybridized carbons (Fsp3) is 0.818. The summed E-state index contributed by atoms with van der Waals surface area (Å²) in [6.07, 6.45) is 4.84. The Morgan fingerprint density at radius 2 is 2.18 bits per heavy atom. The quantitative estimate of drug-likeness (QED) is 0.730. The zero-order valence-electron chi connectivity index (χ0n) is 9.72. The van der Waals surface area contributed by atoms with E-state index in [2.05, 4.69) is 5.32 Å². The fourth-order valence-electron chi connectivity index (χ4n) is 1.94. The first-order chi connectivity index (χ1) is 8.18. The van der Waals surface area contributed by atoms with Crippen molar-refractivity contribution in [2.24, 2.45) is 5.92 Å². The van der Waals surface area contributed by atoms with Gasteiger partial charge < -0.3 is 15.3 Å². The third-order valence-corrected chi connectivity index (χ3v) is 4.20. The van der Waals surface area contributed by atoms with Gasteiger partial charge in [0.05, 0.1) is 5.88 Å². The molecule has 2 amide bonds. The maximum absolute atomic E-state index is 11.8. The number of rotatable bonds is 5. The van der Waals surface area contributed by atoms with Crippen LogP contribution in [-0.2, 0) is 4.79 Å². The molecule has 96 valence electrons. The van der Waals surface area contributed by atoms with Crippen LogP contribution in [0, 0.1) is 5.92 Å². The van der Waals surface area contributed by atoms with Crippen molar-refractivity contribution in [3.63, 3.8) is 0 Å². The van der Waals surface area contributed by atoms with Gasteiger partial charge in [-0.3, -0.25) is 0 Å². The van der Waals surface area contributed by atoms with Crippen molar-refractivity contribution in [1.82, 2.24) is 10.2 Å². The SMILES string of the molecule is O=C(O)[C@@H]1CSCN1C(=O)NCCCC1CC1. The topological polar surface area (TPSA) is 69.6 Å². The van der Waals surface area contributed by atoms with E-state index >= 15 is 0 Å². The van der Waals surface area contributed by atoms with Gasteiger partial charge in [-0.1, -0.05) is 12.8 Å². The molecule has 0 bridgehead atoms. The molecule has 17 heavy (non-hydrogen) atoms. The minimum atomic E-state index is -0.914. The van der Waals surface area contributed by atoms with E-state index in [9.17, 15) is 9.59 Å². The lowest BCUT2D eigenvalue weighted by Crippen LogP contribution is -2.47. The van der Waals surface area contributed by atoms with Crippen molar-refractivity contribution in [1.29, 1.82) is 0 Å². The second kappa shape index (κ2) is 5.62. The number of carbonyl (C=O) groups excluding carboxylic acids is 1. The Kier molecular flexibility index (Phi) is 4.15. The van der Waals surface area contributed by atoms with Crippen LogP contribution < -0.4 is 5.32 Å². The molecule has 0 unspecified atom stereocenters. The highest BCUT2D eigenvalue weighted by Gasteiger charge is 2.34. The average molecular weight is 258 g/mol. The third kappa shape index (κ3) is 3.52. The second-order valence-corrected chi connectivity index (χ2v) is 5.64. The number of amides is 2. The smallest absolute Gasteiger partial charge is 0.327 e. The highest BCUT2D eigenvalue weighted by molar-refractivity contribution is 7.99. The Labute approximate surface area is 105 Å². The van der Waals surface area contributed by atoms with E-state index in [1.807, 2.05) is 0 Å². The van der Waals surface area contributed by atoms with Gasteiger partial charge >= 0.3 is 12.0 Å². The van der Waals surface area contributed by atoms with Gasteiger partial charge in [-0.2, -0.15) is 0 Å². The first kappa shape index (κ1) is 12.5. The van der Waals surface area contributed by atoms with Crippen molar-refractivity contribution in [3.05, 3.63) is 0 Å². The Morgan fingerprint density at radius 1 is 1.41 bits per heavy atom. The normalized spacial score (nSPS) is 23.8. The van der Waals surface area contributed by atoms with Gasteiger partial charge in [0, 0.05) is 12.3 Å². The summed E-state index contributed by atoms with van der Waals surface area (Å²) in [6, 6.07) is -0.901. The number of thioether (sulfide) groups is 1. The van der Waals surface area contributed by atoms with Crippen LogP contribution in [0.4, 0.5) is 4.79 Å². The molecule has 1 aliphatic carbocycles. The number of nitrogens with one attached hydrogen (secondary N) is 1. The summed E-state index contributed by atoms with van der Waals surface area (Å²) in [5.41, 5.74) is 0. The third-order valence-electron chi connectivity index (χ3n) is 3.19. The molecule has 0 radical (unpaired) electrons. The zero-order valence-corrected chi connectivity index (χ0v) is 10.5. The fourth-order valence-corrected chi connectivity index (χ4v) is 3.09. The summed E-state index contributed by atoms with van der Waals surface area (Å²) in [5, 5.41) is 11.8. The molecule has 0 aromatic heterocycles. The van der Waals surface area contributed by atoms with Gasteiger partial charge in [0.25, 0.3) is 0 Å². The Hall–Kier alpha value is -0.910. The number of hydrogen-bond acceptors (Lipinski definition) is 3. The van der Waals surface area contributed by atoms with Crippen molar-refractivity contribution in [2.45, 2.75) is 31.7 Å². The lowest BCUT2D eigenvalue weighted by Gasteiger charge is -2.20. The number of carbonyl (C=O) groups is 2. The number of hydrogen-bond donors (Lipinski definition) is 2. The predicted octanol–water partition coefficient (Wildman–Crippen LogP) is 1.35. The highest BCUT2D eigenvalue weighted by atomic mass is 32.2. The van der Waals surface area contributed by atoms with E-state index in [0.29, 0.717) is 18.2 Å². The lowest BCUT2D eigenvalue weighted by molar-refractivity contribution is -0.140. The first-order valence-electron chi connectivity index (χ1n) is 6.03. The van der Waals surface area contributed by atoms with Crippen LogP contribution in [0.25, 0.3) is 0 Å². The second-order valence-electron chi connectivity index (χ2n) is 4.64.